The second kappa shape index (κ2) is 10.6. The molecule has 0 spiro atoms. The fraction of sp³-hybridized carbons (Fsp3) is 0.679. The molecule has 1 aromatic rings. The van der Waals surface area contributed by atoms with E-state index >= 15 is 0 Å². The van der Waals surface area contributed by atoms with Crippen LogP contribution in [-0.2, 0) is 19.1 Å². The maximum absolute atomic E-state index is 13.9. The van der Waals surface area contributed by atoms with E-state index in [-0.39, 0.29) is 30.3 Å². The molecule has 3 atom stereocenters. The van der Waals surface area contributed by atoms with Gasteiger partial charge >= 0.3 is 0 Å². The minimum Gasteiger partial charge on any atom is -0.374 e. The molecule has 0 aromatic heterocycles. The normalized spacial score (nSPS) is 28.4. The van der Waals surface area contributed by atoms with E-state index < -0.39 is 17.7 Å². The number of hydrogen-bond donors (Lipinski definition) is 1. The highest BCUT2D eigenvalue weighted by atomic mass is 16.6. The largest absolute Gasteiger partial charge is 0.374 e. The summed E-state index contributed by atoms with van der Waals surface area (Å²) in [6, 6.07) is 7.28. The Hall–Kier alpha value is -2.29. The fourth-order valence-electron chi connectivity index (χ4n) is 6.61. The van der Waals surface area contributed by atoms with Gasteiger partial charge in [0.2, 0.25) is 5.91 Å². The van der Waals surface area contributed by atoms with Crippen LogP contribution in [0.1, 0.15) is 74.2 Å². The predicted octanol–water partition coefficient (Wildman–Crippen LogP) is 2.51. The molecule has 8 nitrogen and oxygen atoms in total. The first-order valence-electron chi connectivity index (χ1n) is 13.7. The molecule has 0 bridgehead atoms. The van der Waals surface area contributed by atoms with Gasteiger partial charge in [-0.15, -0.1) is 0 Å². The number of carbonyl (C=O) groups excluding carboxylic acids is 3. The summed E-state index contributed by atoms with van der Waals surface area (Å²) >= 11 is 0. The molecule has 1 aliphatic carbocycles. The molecule has 0 radical (unpaired) electrons. The summed E-state index contributed by atoms with van der Waals surface area (Å²) in [5.74, 6) is 0.0306. The van der Waals surface area contributed by atoms with Crippen LogP contribution in [0.15, 0.2) is 24.3 Å². The van der Waals surface area contributed by atoms with Crippen molar-refractivity contribution in [3.05, 3.63) is 35.4 Å². The van der Waals surface area contributed by atoms with E-state index in [0.29, 0.717) is 37.5 Å². The van der Waals surface area contributed by atoms with E-state index in [0.717, 1.165) is 45.3 Å². The van der Waals surface area contributed by atoms with Crippen molar-refractivity contribution < 1.29 is 23.9 Å². The highest BCUT2D eigenvalue weighted by molar-refractivity contribution is 6.01. The smallest absolute Gasteiger partial charge is 0.252 e. The zero-order chi connectivity index (χ0) is 25.3. The van der Waals surface area contributed by atoms with Gasteiger partial charge in [0, 0.05) is 12.2 Å². The van der Waals surface area contributed by atoms with Gasteiger partial charge in [-0.1, -0.05) is 31.9 Å². The van der Waals surface area contributed by atoms with Gasteiger partial charge in [-0.3, -0.25) is 14.4 Å². The Morgan fingerprint density at radius 2 is 1.81 bits per heavy atom. The topological polar surface area (TPSA) is 88.2 Å². The Morgan fingerprint density at radius 1 is 1.11 bits per heavy atom. The van der Waals surface area contributed by atoms with Gasteiger partial charge in [-0.25, -0.2) is 0 Å². The van der Waals surface area contributed by atoms with Crippen LogP contribution in [0.4, 0.5) is 0 Å². The van der Waals surface area contributed by atoms with Crippen LogP contribution in [0.2, 0.25) is 0 Å². The van der Waals surface area contributed by atoms with Crippen LogP contribution >= 0.6 is 0 Å². The van der Waals surface area contributed by atoms with Crippen molar-refractivity contribution in [1.82, 2.24) is 15.1 Å². The molecule has 1 N–H and O–H groups in total. The fourth-order valence-corrected chi connectivity index (χ4v) is 6.61. The number of piperidine rings is 1. The number of Topliss-reactive ketones (excluding diaryl/α,β-unsaturated/α-hetero) is 1. The number of rotatable bonds is 7. The van der Waals surface area contributed by atoms with E-state index in [2.05, 4.69) is 29.3 Å². The maximum Gasteiger partial charge on any atom is 0.252 e. The van der Waals surface area contributed by atoms with Crippen LogP contribution in [0.25, 0.3) is 0 Å². The van der Waals surface area contributed by atoms with E-state index in [1.165, 1.54) is 5.56 Å². The summed E-state index contributed by atoms with van der Waals surface area (Å²) in [6.45, 7) is 8.24. The first-order chi connectivity index (χ1) is 17.5. The number of carbonyl (C=O) groups is 3. The van der Waals surface area contributed by atoms with Crippen LogP contribution in [0, 0.1) is 0 Å². The second-order valence-corrected chi connectivity index (χ2v) is 10.7. The Morgan fingerprint density at radius 3 is 2.44 bits per heavy atom. The summed E-state index contributed by atoms with van der Waals surface area (Å²) in [7, 11) is 0. The number of nitrogens with one attached hydrogen (secondary N) is 1. The third-order valence-electron chi connectivity index (χ3n) is 8.68. The molecule has 0 unspecified atom stereocenters. The quantitative estimate of drug-likeness (QED) is 0.623. The monoisotopic (exact) mass is 497 g/mol. The summed E-state index contributed by atoms with van der Waals surface area (Å²) in [5.41, 5.74) is 0.853. The Bertz CT molecular complexity index is 966. The molecule has 1 saturated carbocycles. The molecule has 4 fully saturated rings. The van der Waals surface area contributed by atoms with Crippen molar-refractivity contribution in [2.24, 2.45) is 0 Å². The zero-order valence-corrected chi connectivity index (χ0v) is 21.5. The minimum atomic E-state index is -0.989. The SMILES string of the molecule is CCO[C@H]1CN(C(=O)C2(NC(=O)c3ccc(C4CCN(CC)CC4)cc3)CCCC2)[C@@H]2C(=O)CO[C@H]12. The Kier molecular flexibility index (Phi) is 7.47. The minimum absolute atomic E-state index is 0.00582. The number of likely N-dealkylation sites (tertiary alicyclic amines) is 2. The number of fused-ring (bicyclic) bond motifs is 1. The first kappa shape index (κ1) is 25.4. The highest BCUT2D eigenvalue weighted by Gasteiger charge is 2.56. The highest BCUT2D eigenvalue weighted by Crippen LogP contribution is 2.37. The van der Waals surface area contributed by atoms with Gasteiger partial charge in [0.1, 0.15) is 30.4 Å². The molecule has 2 amide bonds. The number of benzene rings is 1. The standard InChI is InChI=1S/C28H39N3O5/c1-3-30-15-11-20(12-16-30)19-7-9-21(10-8-19)26(33)29-28(13-5-6-14-28)27(34)31-17-23(35-4-2)25-24(31)22(32)18-36-25/h7-10,20,23-25H,3-6,11-18H2,1-2H3,(H,29,33)/t23-,24+,25+/m0/s1. The van der Waals surface area contributed by atoms with Crippen LogP contribution < -0.4 is 5.32 Å². The van der Waals surface area contributed by atoms with Crippen molar-refractivity contribution in [1.29, 1.82) is 0 Å². The van der Waals surface area contributed by atoms with Crippen molar-refractivity contribution in [3.8, 4) is 0 Å². The summed E-state index contributed by atoms with van der Waals surface area (Å²) in [5, 5.41) is 3.11. The Labute approximate surface area is 213 Å². The maximum atomic E-state index is 13.9. The van der Waals surface area contributed by atoms with Crippen LogP contribution in [0.3, 0.4) is 0 Å². The van der Waals surface area contributed by atoms with Crippen LogP contribution in [0.5, 0.6) is 0 Å². The number of amides is 2. The molecule has 8 heteroatoms. The van der Waals surface area contributed by atoms with Gasteiger partial charge in [-0.2, -0.15) is 0 Å². The second-order valence-electron chi connectivity index (χ2n) is 10.7. The van der Waals surface area contributed by atoms with Crippen molar-refractivity contribution in [2.75, 3.05) is 39.4 Å². The van der Waals surface area contributed by atoms with Gasteiger partial charge in [-0.05, 0) is 75.9 Å². The molecular weight excluding hydrogens is 458 g/mol. The van der Waals surface area contributed by atoms with E-state index in [1.54, 1.807) is 4.90 Å². The molecule has 1 aromatic carbocycles. The Balaban J connectivity index is 1.29. The number of ether oxygens (including phenoxy) is 2. The number of nitrogens with zero attached hydrogens (tertiary/aromatic N) is 2. The van der Waals surface area contributed by atoms with Gasteiger partial charge in [0.25, 0.3) is 5.91 Å². The summed E-state index contributed by atoms with van der Waals surface area (Å²) in [6.07, 6.45) is 4.42. The summed E-state index contributed by atoms with van der Waals surface area (Å²) < 4.78 is 11.5. The lowest BCUT2D eigenvalue weighted by molar-refractivity contribution is -0.142. The van der Waals surface area contributed by atoms with E-state index in [9.17, 15) is 14.4 Å². The first-order valence-corrected chi connectivity index (χ1v) is 13.7. The predicted molar refractivity (Wildman–Crippen MR) is 135 cm³/mol. The third-order valence-corrected chi connectivity index (χ3v) is 8.68. The molecular formula is C28H39N3O5. The molecule has 36 heavy (non-hydrogen) atoms. The average molecular weight is 498 g/mol. The molecule has 3 heterocycles. The summed E-state index contributed by atoms with van der Waals surface area (Å²) in [4.78, 5) is 44.0. The number of ketones is 1. The van der Waals surface area contributed by atoms with E-state index in [4.69, 9.17) is 9.47 Å². The van der Waals surface area contributed by atoms with Gasteiger partial charge in [0.15, 0.2) is 5.78 Å². The lowest BCUT2D eigenvalue weighted by Crippen LogP contribution is -2.60. The van der Waals surface area contributed by atoms with Crippen molar-refractivity contribution in [3.63, 3.8) is 0 Å². The zero-order valence-electron chi connectivity index (χ0n) is 21.5. The molecule has 3 saturated heterocycles. The molecule has 4 aliphatic rings. The lowest BCUT2D eigenvalue weighted by atomic mass is 9.89. The van der Waals surface area contributed by atoms with E-state index in [1.807, 2.05) is 19.1 Å². The average Bonchev–Trinajstić information content (AvgIpc) is 3.62. The number of hydrogen-bond acceptors (Lipinski definition) is 6. The van der Waals surface area contributed by atoms with Crippen molar-refractivity contribution >= 4 is 17.6 Å². The van der Waals surface area contributed by atoms with Crippen molar-refractivity contribution in [2.45, 2.75) is 82.1 Å². The molecule has 3 aliphatic heterocycles. The lowest BCUT2D eigenvalue weighted by Gasteiger charge is -2.35. The molecule has 5 rings (SSSR count). The molecule has 196 valence electrons. The third kappa shape index (κ3) is 4.71. The van der Waals surface area contributed by atoms with Crippen LogP contribution in [-0.4, -0.2) is 90.6 Å². The van der Waals surface area contributed by atoms with Gasteiger partial charge < -0.3 is 24.6 Å². The van der Waals surface area contributed by atoms with Gasteiger partial charge in [0.05, 0.1) is 6.54 Å².